The number of esters is 2. The van der Waals surface area contributed by atoms with Crippen LogP contribution in [-0.4, -0.2) is 58.8 Å². The minimum absolute atomic E-state index is 0.176. The van der Waals surface area contributed by atoms with E-state index in [2.05, 4.69) is 13.8 Å². The Hall–Kier alpha value is -2.74. The van der Waals surface area contributed by atoms with Gasteiger partial charge in [-0.25, -0.2) is 0 Å². The highest BCUT2D eigenvalue weighted by Crippen LogP contribution is 2.15. The number of aliphatic hydroxyl groups is 3. The van der Waals surface area contributed by atoms with Crippen LogP contribution in [0.4, 0.5) is 0 Å². The lowest BCUT2D eigenvalue weighted by atomic mass is 10.0. The number of rotatable bonds is 38. The molecule has 7 nitrogen and oxygen atoms in total. The van der Waals surface area contributed by atoms with E-state index < -0.39 is 24.3 Å². The molecule has 0 amide bonds. The fraction of sp³-hybridized carbons (Fsp3) is 0.702. The highest BCUT2D eigenvalue weighted by atomic mass is 16.6. The second-order valence-corrected chi connectivity index (χ2v) is 14.5. The summed E-state index contributed by atoms with van der Waals surface area (Å²) in [5.41, 5.74) is 0. The Balaban J connectivity index is 3.66. The predicted octanol–water partition coefficient (Wildman–Crippen LogP) is 11.7. The van der Waals surface area contributed by atoms with Gasteiger partial charge in [-0.15, -0.1) is 0 Å². The summed E-state index contributed by atoms with van der Waals surface area (Å²) in [4.78, 5) is 24.0. The number of ether oxygens (including phenoxy) is 2. The number of carbonyl (C=O) groups excluding carboxylic acids is 2. The van der Waals surface area contributed by atoms with Gasteiger partial charge >= 0.3 is 11.9 Å². The Morgan fingerprint density at radius 2 is 0.963 bits per heavy atom. The molecule has 3 N–H and O–H groups in total. The number of aliphatic hydroxyl groups excluding tert-OH is 3. The normalized spacial score (nSPS) is 14.1. The van der Waals surface area contributed by atoms with Crippen LogP contribution in [0.5, 0.6) is 0 Å². The van der Waals surface area contributed by atoms with Gasteiger partial charge in [0.1, 0.15) is 19.3 Å². The summed E-state index contributed by atoms with van der Waals surface area (Å²) < 4.78 is 10.3. The van der Waals surface area contributed by atoms with Crippen LogP contribution in [0.1, 0.15) is 181 Å². The Bertz CT molecular complexity index is 1030. The standard InChI is InChI=1S/C47H80O7/c1-3-5-7-8-9-10-11-12-13-14-15-16-17-18-19-20-24-27-33-39-46(51)53-41-45(50)42-54-47(52)40-34-28-32-38-44(49)37-31-26-23-21-22-25-30-36-43(48)35-29-6-4-2/h6,22-23,25-26,29-32,36-38,43-45,48-50H,3-5,7-21,24,27-28,33-35,39-42H2,1-2H3/b25-22-,26-23-,29-6-,36-30+,37-31+,38-32-/t43-,44-,45-/m1/s1. The van der Waals surface area contributed by atoms with E-state index >= 15 is 0 Å². The van der Waals surface area contributed by atoms with Crippen LogP contribution in [0, 0.1) is 0 Å². The first-order chi connectivity index (χ1) is 26.4. The summed E-state index contributed by atoms with van der Waals surface area (Å²) in [6.45, 7) is 3.96. The zero-order chi connectivity index (χ0) is 39.6. The summed E-state index contributed by atoms with van der Waals surface area (Å²) in [6.07, 6.45) is 49.0. The molecule has 0 rings (SSSR count). The maximum Gasteiger partial charge on any atom is 0.305 e. The maximum atomic E-state index is 12.0. The summed E-state index contributed by atoms with van der Waals surface area (Å²) in [7, 11) is 0. The zero-order valence-corrected chi connectivity index (χ0v) is 34.4. The average molecular weight is 757 g/mol. The molecule has 0 aromatic carbocycles. The third-order valence-corrected chi connectivity index (χ3v) is 9.13. The Labute approximate surface area is 330 Å². The molecule has 0 radical (unpaired) electrons. The van der Waals surface area contributed by atoms with Gasteiger partial charge in [0.25, 0.3) is 0 Å². The molecule has 0 spiro atoms. The van der Waals surface area contributed by atoms with E-state index in [9.17, 15) is 24.9 Å². The van der Waals surface area contributed by atoms with Crippen LogP contribution in [0.15, 0.2) is 72.9 Å². The topological polar surface area (TPSA) is 113 Å². The van der Waals surface area contributed by atoms with Crippen molar-refractivity contribution < 1.29 is 34.4 Å². The van der Waals surface area contributed by atoms with Crippen molar-refractivity contribution in [1.82, 2.24) is 0 Å². The van der Waals surface area contributed by atoms with Crippen molar-refractivity contribution in [3.8, 4) is 0 Å². The molecule has 54 heavy (non-hydrogen) atoms. The van der Waals surface area contributed by atoms with E-state index in [4.69, 9.17) is 9.47 Å². The summed E-state index contributed by atoms with van der Waals surface area (Å²) in [5.74, 6) is -0.741. The first kappa shape index (κ1) is 51.3. The van der Waals surface area contributed by atoms with Crippen molar-refractivity contribution in [3.05, 3.63) is 72.9 Å². The molecule has 310 valence electrons. The lowest BCUT2D eigenvalue weighted by Gasteiger charge is -2.12. The monoisotopic (exact) mass is 757 g/mol. The van der Waals surface area contributed by atoms with Gasteiger partial charge in [-0.05, 0) is 38.5 Å². The highest BCUT2D eigenvalue weighted by Gasteiger charge is 2.12. The molecule has 0 heterocycles. The van der Waals surface area contributed by atoms with Gasteiger partial charge < -0.3 is 24.8 Å². The number of carbonyl (C=O) groups is 2. The quantitative estimate of drug-likeness (QED) is 0.0249. The van der Waals surface area contributed by atoms with Crippen molar-refractivity contribution in [2.24, 2.45) is 0 Å². The van der Waals surface area contributed by atoms with E-state index in [0.717, 1.165) is 32.1 Å². The van der Waals surface area contributed by atoms with Crippen LogP contribution in [-0.2, 0) is 19.1 Å². The molecule has 0 aliphatic rings. The molecule has 3 atom stereocenters. The molecule has 0 unspecified atom stereocenters. The third kappa shape index (κ3) is 40.4. The molecule has 0 aromatic rings. The molecule has 0 aromatic heterocycles. The second kappa shape index (κ2) is 41.4. The molecule has 0 aliphatic heterocycles. The van der Waals surface area contributed by atoms with Crippen molar-refractivity contribution >= 4 is 11.9 Å². The second-order valence-electron chi connectivity index (χ2n) is 14.5. The maximum absolute atomic E-state index is 12.0. The van der Waals surface area contributed by atoms with E-state index in [0.29, 0.717) is 25.7 Å². The minimum atomic E-state index is -1.04. The van der Waals surface area contributed by atoms with Gasteiger partial charge in [0.05, 0.1) is 12.2 Å². The fourth-order valence-corrected chi connectivity index (χ4v) is 5.83. The number of unbranched alkanes of at least 4 members (excludes halogenated alkanes) is 19. The first-order valence-electron chi connectivity index (χ1n) is 21.7. The van der Waals surface area contributed by atoms with Crippen molar-refractivity contribution in [1.29, 1.82) is 0 Å². The molecule has 0 bridgehead atoms. The highest BCUT2D eigenvalue weighted by molar-refractivity contribution is 5.69. The first-order valence-corrected chi connectivity index (χ1v) is 21.7. The van der Waals surface area contributed by atoms with Gasteiger partial charge in [-0.3, -0.25) is 9.59 Å². The molecular weight excluding hydrogens is 677 g/mol. The van der Waals surface area contributed by atoms with Crippen LogP contribution >= 0.6 is 0 Å². The van der Waals surface area contributed by atoms with Gasteiger partial charge in [0, 0.05) is 12.8 Å². The van der Waals surface area contributed by atoms with E-state index in [-0.39, 0.29) is 25.6 Å². The Morgan fingerprint density at radius 1 is 0.500 bits per heavy atom. The van der Waals surface area contributed by atoms with Crippen LogP contribution in [0.2, 0.25) is 0 Å². The molecule has 0 saturated heterocycles. The van der Waals surface area contributed by atoms with Crippen LogP contribution < -0.4 is 0 Å². The van der Waals surface area contributed by atoms with Gasteiger partial charge in [-0.1, -0.05) is 202 Å². The third-order valence-electron chi connectivity index (χ3n) is 9.13. The fourth-order valence-electron chi connectivity index (χ4n) is 5.83. The number of hydrogen-bond donors (Lipinski definition) is 3. The van der Waals surface area contributed by atoms with Crippen LogP contribution in [0.25, 0.3) is 0 Å². The Kier molecular flexibility index (Phi) is 39.3. The zero-order valence-electron chi connectivity index (χ0n) is 34.4. The van der Waals surface area contributed by atoms with E-state index in [1.165, 1.54) is 103 Å². The summed E-state index contributed by atoms with van der Waals surface area (Å²) in [6, 6.07) is 0. The molecule has 7 heteroatoms. The average Bonchev–Trinajstić information content (AvgIpc) is 3.16. The largest absolute Gasteiger partial charge is 0.463 e. The van der Waals surface area contributed by atoms with E-state index in [1.54, 1.807) is 24.3 Å². The SMILES string of the molecule is CC/C=C\C[C@@H](O)/C=C/C=C\C/C=C\C=C\[C@@H](O)/C=C\CCCC(=O)OC[C@H](O)COC(=O)CCCCCCCCCCCCCCCCCCCCC. The number of hydrogen-bond acceptors (Lipinski definition) is 7. The summed E-state index contributed by atoms with van der Waals surface area (Å²) >= 11 is 0. The lowest BCUT2D eigenvalue weighted by molar-refractivity contribution is -0.152. The lowest BCUT2D eigenvalue weighted by Crippen LogP contribution is -2.25. The molecule has 0 saturated carbocycles. The van der Waals surface area contributed by atoms with Gasteiger partial charge in [0.2, 0.25) is 0 Å². The minimum Gasteiger partial charge on any atom is -0.463 e. The Morgan fingerprint density at radius 3 is 1.46 bits per heavy atom. The van der Waals surface area contributed by atoms with E-state index in [1.807, 2.05) is 48.6 Å². The van der Waals surface area contributed by atoms with Gasteiger partial charge in [-0.2, -0.15) is 0 Å². The molecular formula is C47H80O7. The van der Waals surface area contributed by atoms with Crippen molar-refractivity contribution in [3.63, 3.8) is 0 Å². The number of allylic oxidation sites excluding steroid dienone is 8. The molecule has 0 aliphatic carbocycles. The van der Waals surface area contributed by atoms with Crippen molar-refractivity contribution in [2.75, 3.05) is 13.2 Å². The van der Waals surface area contributed by atoms with Gasteiger partial charge in [0.15, 0.2) is 0 Å². The molecule has 0 fully saturated rings. The predicted molar refractivity (Wildman–Crippen MR) is 226 cm³/mol. The summed E-state index contributed by atoms with van der Waals surface area (Å²) in [5, 5.41) is 29.9. The van der Waals surface area contributed by atoms with Crippen molar-refractivity contribution in [2.45, 2.75) is 199 Å². The van der Waals surface area contributed by atoms with Crippen LogP contribution in [0.3, 0.4) is 0 Å². The smallest absolute Gasteiger partial charge is 0.305 e.